The van der Waals surface area contributed by atoms with Crippen molar-refractivity contribution in [2.24, 2.45) is 5.10 Å². The highest BCUT2D eigenvalue weighted by atomic mass is 32.1. The molecule has 3 aromatic rings. The highest BCUT2D eigenvalue weighted by Crippen LogP contribution is 2.17. The van der Waals surface area contributed by atoms with Crippen molar-refractivity contribution in [2.75, 3.05) is 5.43 Å². The molecule has 3 rings (SSSR count). The molecule has 0 radical (unpaired) electrons. The van der Waals surface area contributed by atoms with Gasteiger partial charge in [-0.1, -0.05) is 18.2 Å². The van der Waals surface area contributed by atoms with Crippen LogP contribution in [0.15, 0.2) is 51.3 Å². The van der Waals surface area contributed by atoms with Crippen molar-refractivity contribution in [1.82, 2.24) is 4.98 Å². The number of hydrogen-bond donors (Lipinski definition) is 1. The normalized spacial score (nSPS) is 11.3. The summed E-state index contributed by atoms with van der Waals surface area (Å²) >= 11 is 1.62. The predicted octanol–water partition coefficient (Wildman–Crippen LogP) is 3.34. The average molecular weight is 243 g/mol. The van der Waals surface area contributed by atoms with Crippen LogP contribution in [0.3, 0.4) is 0 Å². The Labute approximate surface area is 102 Å². The second kappa shape index (κ2) is 4.39. The van der Waals surface area contributed by atoms with Gasteiger partial charge in [0.15, 0.2) is 5.58 Å². The lowest BCUT2D eigenvalue weighted by molar-refractivity contribution is 0.617. The molecule has 1 aromatic carbocycles. The van der Waals surface area contributed by atoms with Gasteiger partial charge in [0, 0.05) is 4.88 Å². The van der Waals surface area contributed by atoms with Crippen LogP contribution < -0.4 is 5.43 Å². The van der Waals surface area contributed by atoms with E-state index in [1.54, 1.807) is 17.6 Å². The Hall–Kier alpha value is -2.14. The fourth-order valence-electron chi connectivity index (χ4n) is 1.44. The molecule has 4 nitrogen and oxygen atoms in total. The number of fused-ring (bicyclic) bond motifs is 1. The van der Waals surface area contributed by atoms with Crippen LogP contribution in [0.1, 0.15) is 4.88 Å². The minimum atomic E-state index is 0.402. The van der Waals surface area contributed by atoms with Gasteiger partial charge < -0.3 is 4.42 Å². The smallest absolute Gasteiger partial charge is 0.316 e. The molecule has 5 heteroatoms. The number of benzene rings is 1. The predicted molar refractivity (Wildman–Crippen MR) is 69.5 cm³/mol. The summed E-state index contributed by atoms with van der Waals surface area (Å²) in [6.45, 7) is 0. The van der Waals surface area contributed by atoms with Gasteiger partial charge in [-0.3, -0.25) is 0 Å². The van der Waals surface area contributed by atoms with Gasteiger partial charge in [0.1, 0.15) is 5.52 Å². The average Bonchev–Trinajstić information content (AvgIpc) is 2.96. The molecule has 0 amide bonds. The van der Waals surface area contributed by atoms with Crippen molar-refractivity contribution < 1.29 is 4.42 Å². The van der Waals surface area contributed by atoms with Crippen LogP contribution in [0.4, 0.5) is 6.01 Å². The van der Waals surface area contributed by atoms with Crippen LogP contribution >= 0.6 is 11.3 Å². The largest absolute Gasteiger partial charge is 0.422 e. The highest BCUT2D eigenvalue weighted by molar-refractivity contribution is 7.11. The summed E-state index contributed by atoms with van der Waals surface area (Å²) in [7, 11) is 0. The zero-order valence-corrected chi connectivity index (χ0v) is 9.65. The molecule has 0 aliphatic carbocycles. The summed E-state index contributed by atoms with van der Waals surface area (Å²) in [6, 6.07) is 12.0. The molecule has 2 aromatic heterocycles. The number of rotatable bonds is 3. The van der Waals surface area contributed by atoms with Crippen LogP contribution in [0.5, 0.6) is 0 Å². The van der Waals surface area contributed by atoms with Crippen LogP contribution in [-0.2, 0) is 0 Å². The molecule has 0 fully saturated rings. The first kappa shape index (κ1) is 10.0. The van der Waals surface area contributed by atoms with Gasteiger partial charge in [0.2, 0.25) is 0 Å². The minimum Gasteiger partial charge on any atom is -0.422 e. The van der Waals surface area contributed by atoms with E-state index in [2.05, 4.69) is 15.5 Å². The first-order chi connectivity index (χ1) is 8.42. The van der Waals surface area contributed by atoms with Crippen molar-refractivity contribution in [3.63, 3.8) is 0 Å². The van der Waals surface area contributed by atoms with Gasteiger partial charge in [-0.2, -0.15) is 10.1 Å². The second-order valence-corrected chi connectivity index (χ2v) is 4.35. The molecule has 0 saturated carbocycles. The quantitative estimate of drug-likeness (QED) is 0.567. The van der Waals surface area contributed by atoms with Crippen molar-refractivity contribution in [3.05, 3.63) is 46.7 Å². The summed E-state index contributed by atoms with van der Waals surface area (Å²) in [5, 5.41) is 6.06. The first-order valence-corrected chi connectivity index (χ1v) is 5.98. The number of aromatic nitrogens is 1. The van der Waals surface area contributed by atoms with Crippen LogP contribution in [0.2, 0.25) is 0 Å². The van der Waals surface area contributed by atoms with Gasteiger partial charge >= 0.3 is 6.01 Å². The van der Waals surface area contributed by atoms with E-state index in [9.17, 15) is 0 Å². The van der Waals surface area contributed by atoms with E-state index in [-0.39, 0.29) is 0 Å². The SMILES string of the molecule is C(=N\Nc1nc2ccccc2o1)/c1cccs1. The molecule has 2 heterocycles. The Bertz CT molecular complexity index is 610. The lowest BCUT2D eigenvalue weighted by Gasteiger charge is -1.89. The fraction of sp³-hybridized carbons (Fsp3) is 0. The Morgan fingerprint density at radius 2 is 2.18 bits per heavy atom. The molecule has 1 N–H and O–H groups in total. The summed E-state index contributed by atoms with van der Waals surface area (Å²) in [4.78, 5) is 5.32. The molecule has 0 spiro atoms. The Balaban J connectivity index is 1.77. The Morgan fingerprint density at radius 3 is 3.00 bits per heavy atom. The molecule has 17 heavy (non-hydrogen) atoms. The lowest BCUT2D eigenvalue weighted by Crippen LogP contribution is -1.88. The van der Waals surface area contributed by atoms with Gasteiger partial charge in [-0.15, -0.1) is 11.3 Å². The number of oxazole rings is 1. The molecular formula is C12H9N3OS. The van der Waals surface area contributed by atoms with Crippen molar-refractivity contribution >= 4 is 34.7 Å². The van der Waals surface area contributed by atoms with Crippen LogP contribution in [0, 0.1) is 0 Å². The zero-order chi connectivity index (χ0) is 11.5. The Morgan fingerprint density at radius 1 is 1.24 bits per heavy atom. The minimum absolute atomic E-state index is 0.402. The lowest BCUT2D eigenvalue weighted by atomic mass is 10.3. The van der Waals surface area contributed by atoms with Gasteiger partial charge in [-0.05, 0) is 23.6 Å². The van der Waals surface area contributed by atoms with Gasteiger partial charge in [0.25, 0.3) is 0 Å². The van der Waals surface area contributed by atoms with Gasteiger partial charge in [0.05, 0.1) is 6.21 Å². The molecule has 0 atom stereocenters. The fourth-order valence-corrected chi connectivity index (χ4v) is 2.02. The number of hydrazone groups is 1. The molecule has 0 aliphatic heterocycles. The summed E-state index contributed by atoms with van der Waals surface area (Å²) < 4.78 is 5.45. The second-order valence-electron chi connectivity index (χ2n) is 3.37. The highest BCUT2D eigenvalue weighted by Gasteiger charge is 2.02. The zero-order valence-electron chi connectivity index (χ0n) is 8.83. The first-order valence-electron chi connectivity index (χ1n) is 5.10. The maximum atomic E-state index is 5.45. The monoisotopic (exact) mass is 243 g/mol. The molecule has 0 unspecified atom stereocenters. The third kappa shape index (κ3) is 2.19. The van der Waals surface area contributed by atoms with Crippen molar-refractivity contribution in [2.45, 2.75) is 0 Å². The van der Waals surface area contributed by atoms with Crippen molar-refractivity contribution in [3.8, 4) is 0 Å². The van der Waals surface area contributed by atoms with E-state index >= 15 is 0 Å². The maximum Gasteiger partial charge on any atom is 0.316 e. The number of nitrogens with zero attached hydrogens (tertiary/aromatic N) is 2. The van der Waals surface area contributed by atoms with E-state index in [1.165, 1.54) is 0 Å². The third-order valence-electron chi connectivity index (χ3n) is 2.19. The summed E-state index contributed by atoms with van der Waals surface area (Å²) in [5.41, 5.74) is 4.34. The number of hydrogen-bond acceptors (Lipinski definition) is 5. The van der Waals surface area contributed by atoms with Crippen molar-refractivity contribution in [1.29, 1.82) is 0 Å². The number of para-hydroxylation sites is 2. The van der Waals surface area contributed by atoms with Crippen LogP contribution in [0.25, 0.3) is 11.1 Å². The molecule has 84 valence electrons. The van der Waals surface area contributed by atoms with E-state index in [1.807, 2.05) is 41.8 Å². The third-order valence-corrected chi connectivity index (χ3v) is 3.00. The number of thiophene rings is 1. The molecular weight excluding hydrogens is 234 g/mol. The van der Waals surface area contributed by atoms with E-state index < -0.39 is 0 Å². The number of nitrogens with one attached hydrogen (secondary N) is 1. The maximum absolute atomic E-state index is 5.45. The Kier molecular flexibility index (Phi) is 2.59. The van der Waals surface area contributed by atoms with E-state index in [4.69, 9.17) is 4.42 Å². The molecule has 0 aliphatic rings. The van der Waals surface area contributed by atoms with E-state index in [0.717, 1.165) is 16.0 Å². The van der Waals surface area contributed by atoms with Gasteiger partial charge in [-0.25, -0.2) is 5.43 Å². The van der Waals surface area contributed by atoms with E-state index in [0.29, 0.717) is 6.01 Å². The summed E-state index contributed by atoms with van der Waals surface area (Å²) in [5.74, 6) is 0. The standard InChI is InChI=1S/C12H9N3OS/c1-2-6-11-10(5-1)14-12(16-11)15-13-8-9-4-3-7-17-9/h1-8H,(H,14,15)/b13-8+. The van der Waals surface area contributed by atoms with Crippen LogP contribution in [-0.4, -0.2) is 11.2 Å². The number of anilines is 1. The molecule has 0 bridgehead atoms. The summed E-state index contributed by atoms with van der Waals surface area (Å²) in [6.07, 6.45) is 1.74. The topological polar surface area (TPSA) is 50.4 Å². The molecule has 0 saturated heterocycles.